The molecule has 0 aliphatic carbocycles. The van der Waals surface area contributed by atoms with Gasteiger partial charge in [-0.2, -0.15) is 9.97 Å². The van der Waals surface area contributed by atoms with Crippen LogP contribution >= 0.6 is 11.3 Å². The molecule has 10 heteroatoms. The average Bonchev–Trinajstić information content (AvgIpc) is 3.41. The Balaban J connectivity index is 1.70. The zero-order valence-electron chi connectivity index (χ0n) is 16.0. The Morgan fingerprint density at radius 1 is 1.20 bits per heavy atom. The highest BCUT2D eigenvalue weighted by Gasteiger charge is 2.22. The topological polar surface area (TPSA) is 127 Å². The van der Waals surface area contributed by atoms with Crippen LogP contribution in [-0.4, -0.2) is 29.5 Å². The molecule has 0 aliphatic rings. The number of imidazole rings is 1. The highest BCUT2D eigenvalue weighted by molar-refractivity contribution is 7.17. The molecule has 9 nitrogen and oxygen atoms in total. The van der Waals surface area contributed by atoms with Crippen molar-refractivity contribution in [3.05, 3.63) is 64.3 Å². The minimum absolute atomic E-state index is 0.0939. The molecule has 4 aromatic heterocycles. The van der Waals surface area contributed by atoms with Crippen LogP contribution in [0, 0.1) is 0 Å². The number of nitrogens with two attached hydrogens (primary N) is 1. The Hall–Kier alpha value is -3.79. The fourth-order valence-corrected chi connectivity index (χ4v) is 4.22. The number of para-hydroxylation sites is 1. The van der Waals surface area contributed by atoms with Crippen molar-refractivity contribution in [2.24, 2.45) is 0 Å². The van der Waals surface area contributed by atoms with Crippen LogP contribution in [0.15, 0.2) is 52.9 Å². The van der Waals surface area contributed by atoms with Gasteiger partial charge in [0, 0.05) is 0 Å². The summed E-state index contributed by atoms with van der Waals surface area (Å²) >= 11 is 1.39. The van der Waals surface area contributed by atoms with Crippen LogP contribution in [0.2, 0.25) is 0 Å². The fourth-order valence-electron chi connectivity index (χ4n) is 3.46. The largest absolute Gasteiger partial charge is 0.368 e. The predicted octanol–water partition coefficient (Wildman–Crippen LogP) is 3.26. The lowest BCUT2D eigenvalue weighted by molar-refractivity contribution is 0.660. The summed E-state index contributed by atoms with van der Waals surface area (Å²) in [5.74, 6) is 1.22. The van der Waals surface area contributed by atoms with E-state index < -0.39 is 0 Å². The second-order valence-corrected chi connectivity index (χ2v) is 7.63. The van der Waals surface area contributed by atoms with Gasteiger partial charge in [0.15, 0.2) is 11.5 Å². The quantitative estimate of drug-likeness (QED) is 0.400. The van der Waals surface area contributed by atoms with E-state index in [0.717, 1.165) is 5.69 Å². The van der Waals surface area contributed by atoms with Gasteiger partial charge in [0.2, 0.25) is 5.95 Å². The molecular weight excluding hydrogens is 400 g/mol. The van der Waals surface area contributed by atoms with Crippen molar-refractivity contribution in [3.8, 4) is 5.69 Å². The highest BCUT2D eigenvalue weighted by Crippen LogP contribution is 2.27. The lowest BCUT2D eigenvalue weighted by atomic mass is 10.2. The molecule has 0 bridgehead atoms. The van der Waals surface area contributed by atoms with Gasteiger partial charge in [0.05, 0.1) is 23.6 Å². The summed E-state index contributed by atoms with van der Waals surface area (Å²) in [5.41, 5.74) is 8.33. The van der Waals surface area contributed by atoms with Crippen LogP contribution in [0.25, 0.3) is 27.1 Å². The number of nitrogens with one attached hydrogen (secondary N) is 2. The number of benzene rings is 1. The van der Waals surface area contributed by atoms with E-state index in [1.807, 2.05) is 48.7 Å². The van der Waals surface area contributed by atoms with Crippen molar-refractivity contribution in [3.63, 3.8) is 0 Å². The SMILES string of the molecule is CCC(Nc1nc(N)nc2[nH]cnc12)c1nc2ccsc2c(=O)n1-c1ccccc1. The zero-order chi connectivity index (χ0) is 20.7. The lowest BCUT2D eigenvalue weighted by Gasteiger charge is -2.21. The number of aromatic amines is 1. The second-order valence-electron chi connectivity index (χ2n) is 6.72. The van der Waals surface area contributed by atoms with Crippen LogP contribution in [-0.2, 0) is 0 Å². The van der Waals surface area contributed by atoms with E-state index in [-0.39, 0.29) is 17.5 Å². The average molecular weight is 418 g/mol. The van der Waals surface area contributed by atoms with E-state index in [9.17, 15) is 4.79 Å². The van der Waals surface area contributed by atoms with Gasteiger partial charge in [0.25, 0.3) is 5.56 Å². The van der Waals surface area contributed by atoms with E-state index in [0.29, 0.717) is 39.4 Å². The number of thiophene rings is 1. The maximum absolute atomic E-state index is 13.4. The summed E-state index contributed by atoms with van der Waals surface area (Å²) in [6, 6.07) is 11.1. The Kier molecular flexibility index (Phi) is 4.40. The number of nitrogens with zero attached hydrogens (tertiary/aromatic N) is 5. The number of aromatic nitrogens is 6. The number of fused-ring (bicyclic) bond motifs is 2. The molecule has 0 aliphatic heterocycles. The van der Waals surface area contributed by atoms with Crippen molar-refractivity contribution >= 4 is 44.5 Å². The summed E-state index contributed by atoms with van der Waals surface area (Å²) in [4.78, 5) is 33.9. The summed E-state index contributed by atoms with van der Waals surface area (Å²) in [6.07, 6.45) is 2.20. The predicted molar refractivity (Wildman–Crippen MR) is 118 cm³/mol. The van der Waals surface area contributed by atoms with E-state index in [1.54, 1.807) is 10.9 Å². The third-order valence-corrected chi connectivity index (χ3v) is 5.74. The minimum Gasteiger partial charge on any atom is -0.368 e. The third kappa shape index (κ3) is 2.98. The van der Waals surface area contributed by atoms with Gasteiger partial charge in [-0.25, -0.2) is 9.97 Å². The Labute approximate surface area is 174 Å². The van der Waals surface area contributed by atoms with Crippen LogP contribution in [0.1, 0.15) is 25.2 Å². The molecule has 30 heavy (non-hydrogen) atoms. The minimum atomic E-state index is -0.309. The standard InChI is InChI=1S/C20H18N8OS/c1-2-12(24-17-14-16(23-10-22-14)26-20(21)27-17)18-25-13-8-9-30-15(13)19(29)28(18)11-6-4-3-5-7-11/h3-10,12H,2H2,1H3,(H4,21,22,23,24,26,27). The second kappa shape index (κ2) is 7.23. The molecule has 150 valence electrons. The molecule has 0 saturated heterocycles. The van der Waals surface area contributed by atoms with Crippen LogP contribution < -0.4 is 16.6 Å². The first-order chi connectivity index (χ1) is 14.7. The van der Waals surface area contributed by atoms with Crippen LogP contribution in [0.3, 0.4) is 0 Å². The summed E-state index contributed by atoms with van der Waals surface area (Å²) in [5, 5.41) is 5.26. The smallest absolute Gasteiger partial charge is 0.276 e. The lowest BCUT2D eigenvalue weighted by Crippen LogP contribution is -2.27. The van der Waals surface area contributed by atoms with Crippen molar-refractivity contribution < 1.29 is 0 Å². The maximum Gasteiger partial charge on any atom is 0.276 e. The molecule has 1 aromatic carbocycles. The number of H-pyrrole nitrogens is 1. The van der Waals surface area contributed by atoms with Crippen molar-refractivity contribution in [1.29, 1.82) is 0 Å². The molecule has 0 fully saturated rings. The number of hydrogen-bond acceptors (Lipinski definition) is 8. The van der Waals surface area contributed by atoms with Gasteiger partial charge >= 0.3 is 0 Å². The molecule has 0 spiro atoms. The molecule has 5 aromatic rings. The monoisotopic (exact) mass is 418 g/mol. The Bertz CT molecular complexity index is 1410. The third-order valence-electron chi connectivity index (χ3n) is 4.85. The van der Waals surface area contributed by atoms with Gasteiger partial charge in [-0.05, 0) is 30.0 Å². The number of rotatable bonds is 5. The molecule has 1 unspecified atom stereocenters. The molecule has 1 atom stereocenters. The first-order valence-corrected chi connectivity index (χ1v) is 10.3. The molecule has 0 saturated carbocycles. The van der Waals surface area contributed by atoms with E-state index in [4.69, 9.17) is 10.7 Å². The van der Waals surface area contributed by atoms with Gasteiger partial charge in [0.1, 0.15) is 16.0 Å². The maximum atomic E-state index is 13.4. The molecule has 4 heterocycles. The van der Waals surface area contributed by atoms with Crippen molar-refractivity contribution in [1.82, 2.24) is 29.5 Å². The van der Waals surface area contributed by atoms with E-state index in [1.165, 1.54) is 11.3 Å². The highest BCUT2D eigenvalue weighted by atomic mass is 32.1. The molecular formula is C20H18N8OS. The normalized spacial score (nSPS) is 12.4. The van der Waals surface area contributed by atoms with E-state index in [2.05, 4.69) is 25.3 Å². The summed E-state index contributed by atoms with van der Waals surface area (Å²) in [7, 11) is 0. The first-order valence-electron chi connectivity index (χ1n) is 9.44. The zero-order valence-corrected chi connectivity index (χ0v) is 16.8. The van der Waals surface area contributed by atoms with Gasteiger partial charge in [-0.3, -0.25) is 9.36 Å². The number of anilines is 2. The molecule has 5 rings (SSSR count). The number of nitrogen functional groups attached to an aromatic ring is 1. The Morgan fingerprint density at radius 3 is 2.83 bits per heavy atom. The molecule has 4 N–H and O–H groups in total. The van der Waals surface area contributed by atoms with Crippen LogP contribution in [0.5, 0.6) is 0 Å². The van der Waals surface area contributed by atoms with Gasteiger partial charge in [-0.1, -0.05) is 25.1 Å². The Morgan fingerprint density at radius 2 is 2.03 bits per heavy atom. The van der Waals surface area contributed by atoms with Crippen molar-refractivity contribution in [2.45, 2.75) is 19.4 Å². The fraction of sp³-hybridized carbons (Fsp3) is 0.150. The summed E-state index contributed by atoms with van der Waals surface area (Å²) in [6.45, 7) is 2.02. The molecule has 0 radical (unpaired) electrons. The van der Waals surface area contributed by atoms with Crippen molar-refractivity contribution in [2.75, 3.05) is 11.1 Å². The van der Waals surface area contributed by atoms with E-state index >= 15 is 0 Å². The van der Waals surface area contributed by atoms with Gasteiger partial charge in [-0.15, -0.1) is 11.3 Å². The summed E-state index contributed by atoms with van der Waals surface area (Å²) < 4.78 is 2.28. The molecule has 0 amide bonds. The van der Waals surface area contributed by atoms with Gasteiger partial charge < -0.3 is 16.0 Å². The van der Waals surface area contributed by atoms with Crippen LogP contribution in [0.4, 0.5) is 11.8 Å². The first kappa shape index (κ1) is 18.3. The number of hydrogen-bond donors (Lipinski definition) is 3.